The Balaban J connectivity index is 1.60. The summed E-state index contributed by atoms with van der Waals surface area (Å²) in [5.74, 6) is -1.12. The summed E-state index contributed by atoms with van der Waals surface area (Å²) in [7, 11) is 0. The second-order valence-electron chi connectivity index (χ2n) is 5.28. The zero-order valence-electron chi connectivity index (χ0n) is 11.6. The quantitative estimate of drug-likeness (QED) is 0.936. The maximum absolute atomic E-state index is 13.7. The van der Waals surface area contributed by atoms with Crippen molar-refractivity contribution in [2.45, 2.75) is 18.6 Å². The highest BCUT2D eigenvalue weighted by Gasteiger charge is 2.24. The number of ether oxygens (including phenoxy) is 1. The molecule has 2 atom stereocenters. The average molecular weight is 289 g/mol. The molecule has 2 unspecified atom stereocenters. The third kappa shape index (κ3) is 3.46. The third-order valence-corrected chi connectivity index (χ3v) is 3.72. The van der Waals surface area contributed by atoms with E-state index in [1.54, 1.807) is 0 Å². The predicted octanol–water partition coefficient (Wildman–Crippen LogP) is 3.24. The molecule has 1 aliphatic rings. The lowest BCUT2D eigenvalue weighted by molar-refractivity contribution is 0.00115. The fourth-order valence-electron chi connectivity index (χ4n) is 2.62. The second kappa shape index (κ2) is 6.33. The highest BCUT2D eigenvalue weighted by molar-refractivity contribution is 5.22. The van der Waals surface area contributed by atoms with Crippen LogP contribution in [-0.2, 0) is 11.2 Å². The van der Waals surface area contributed by atoms with E-state index in [2.05, 4.69) is 17.4 Å². The molecule has 1 aliphatic heterocycles. The Kier molecular flexibility index (Phi) is 4.27. The number of halogens is 2. The minimum atomic E-state index is -0.568. The van der Waals surface area contributed by atoms with Crippen LogP contribution in [0.25, 0.3) is 0 Å². The van der Waals surface area contributed by atoms with E-state index in [-0.39, 0.29) is 12.1 Å². The van der Waals surface area contributed by atoms with Crippen LogP contribution in [-0.4, -0.2) is 19.2 Å². The lowest BCUT2D eigenvalue weighted by Gasteiger charge is -2.31. The van der Waals surface area contributed by atoms with Crippen molar-refractivity contribution in [3.05, 3.63) is 71.3 Å². The Morgan fingerprint density at radius 3 is 2.57 bits per heavy atom. The minimum absolute atomic E-state index is 0.215. The second-order valence-corrected chi connectivity index (χ2v) is 5.28. The van der Waals surface area contributed by atoms with E-state index in [9.17, 15) is 8.78 Å². The van der Waals surface area contributed by atoms with Crippen molar-refractivity contribution in [1.82, 2.24) is 5.32 Å². The van der Waals surface area contributed by atoms with Gasteiger partial charge in [0.2, 0.25) is 0 Å². The van der Waals surface area contributed by atoms with Crippen molar-refractivity contribution < 1.29 is 13.5 Å². The van der Waals surface area contributed by atoms with Crippen LogP contribution in [0.1, 0.15) is 17.2 Å². The summed E-state index contributed by atoms with van der Waals surface area (Å²) >= 11 is 0. The van der Waals surface area contributed by atoms with Crippen LogP contribution in [0.3, 0.4) is 0 Å². The van der Waals surface area contributed by atoms with Gasteiger partial charge in [0.25, 0.3) is 0 Å². The third-order valence-electron chi connectivity index (χ3n) is 3.72. The van der Waals surface area contributed by atoms with Crippen LogP contribution in [0.15, 0.2) is 48.5 Å². The summed E-state index contributed by atoms with van der Waals surface area (Å²) in [4.78, 5) is 0. The molecule has 4 heteroatoms. The normalized spacial score (nSPS) is 22.2. The van der Waals surface area contributed by atoms with Crippen molar-refractivity contribution >= 4 is 0 Å². The molecule has 110 valence electrons. The van der Waals surface area contributed by atoms with Crippen LogP contribution in [0.4, 0.5) is 8.78 Å². The lowest BCUT2D eigenvalue weighted by Crippen LogP contribution is -2.44. The first-order valence-electron chi connectivity index (χ1n) is 7.06. The van der Waals surface area contributed by atoms with Crippen LogP contribution in [0, 0.1) is 11.6 Å². The van der Waals surface area contributed by atoms with Gasteiger partial charge in [-0.05, 0) is 18.1 Å². The van der Waals surface area contributed by atoms with E-state index >= 15 is 0 Å². The van der Waals surface area contributed by atoms with Crippen molar-refractivity contribution in [1.29, 1.82) is 0 Å². The van der Waals surface area contributed by atoms with Gasteiger partial charge in [0.05, 0.1) is 12.7 Å². The van der Waals surface area contributed by atoms with Crippen LogP contribution in [0.5, 0.6) is 0 Å². The fraction of sp³-hybridized carbons (Fsp3) is 0.294. The Morgan fingerprint density at radius 1 is 1.10 bits per heavy atom. The highest BCUT2D eigenvalue weighted by Crippen LogP contribution is 2.24. The summed E-state index contributed by atoms with van der Waals surface area (Å²) in [5.41, 5.74) is 1.65. The Labute approximate surface area is 122 Å². The van der Waals surface area contributed by atoms with Gasteiger partial charge in [-0.25, -0.2) is 8.78 Å². The van der Waals surface area contributed by atoms with E-state index in [0.29, 0.717) is 18.7 Å². The molecule has 21 heavy (non-hydrogen) atoms. The van der Waals surface area contributed by atoms with Gasteiger partial charge in [0.1, 0.15) is 11.6 Å². The molecule has 0 saturated carbocycles. The van der Waals surface area contributed by atoms with Gasteiger partial charge >= 0.3 is 0 Å². The van der Waals surface area contributed by atoms with Gasteiger partial charge in [-0.1, -0.05) is 36.4 Å². The molecule has 0 radical (unpaired) electrons. The van der Waals surface area contributed by atoms with Crippen molar-refractivity contribution in [3.8, 4) is 0 Å². The molecule has 0 aromatic heterocycles. The molecule has 1 saturated heterocycles. The van der Waals surface area contributed by atoms with Gasteiger partial charge in [-0.15, -0.1) is 0 Å². The van der Waals surface area contributed by atoms with Crippen LogP contribution in [0.2, 0.25) is 0 Å². The number of morpholine rings is 1. The van der Waals surface area contributed by atoms with E-state index < -0.39 is 11.6 Å². The van der Waals surface area contributed by atoms with Crippen molar-refractivity contribution in [3.63, 3.8) is 0 Å². The molecule has 1 fully saturated rings. The number of hydrogen-bond donors (Lipinski definition) is 1. The van der Waals surface area contributed by atoms with E-state index in [4.69, 9.17) is 4.74 Å². The van der Waals surface area contributed by atoms with Gasteiger partial charge < -0.3 is 10.1 Å². The summed E-state index contributed by atoms with van der Waals surface area (Å²) in [6.45, 7) is 1.04. The summed E-state index contributed by atoms with van der Waals surface area (Å²) in [5, 5.41) is 3.37. The van der Waals surface area contributed by atoms with E-state index in [1.165, 1.54) is 17.7 Å². The van der Waals surface area contributed by atoms with Gasteiger partial charge in [-0.3, -0.25) is 0 Å². The maximum Gasteiger partial charge on any atom is 0.131 e. The zero-order chi connectivity index (χ0) is 14.7. The number of rotatable bonds is 3. The molecule has 1 heterocycles. The van der Waals surface area contributed by atoms with Crippen LogP contribution < -0.4 is 5.32 Å². The first-order chi connectivity index (χ1) is 10.2. The van der Waals surface area contributed by atoms with Crippen molar-refractivity contribution in [2.75, 3.05) is 13.2 Å². The van der Waals surface area contributed by atoms with Crippen LogP contribution >= 0.6 is 0 Å². The molecule has 2 aromatic carbocycles. The molecule has 2 aromatic rings. The molecular weight excluding hydrogens is 272 g/mol. The molecular formula is C17H17F2NO. The monoisotopic (exact) mass is 289 g/mol. The number of benzene rings is 2. The first-order valence-corrected chi connectivity index (χ1v) is 7.06. The fourth-order valence-corrected chi connectivity index (χ4v) is 2.62. The Hall–Kier alpha value is -1.78. The molecule has 3 rings (SSSR count). The van der Waals surface area contributed by atoms with E-state index in [1.807, 2.05) is 18.2 Å². The average Bonchev–Trinajstić information content (AvgIpc) is 2.49. The first kappa shape index (κ1) is 14.2. The zero-order valence-corrected chi connectivity index (χ0v) is 11.6. The largest absolute Gasteiger partial charge is 0.370 e. The molecule has 2 nitrogen and oxygen atoms in total. The standard InChI is InChI=1S/C17H17F2NO/c18-13-6-7-15(16(19)9-13)17-10-20-14(11-21-17)8-12-4-2-1-3-5-12/h1-7,9,14,17,20H,8,10-11H2. The van der Waals surface area contributed by atoms with Crippen molar-refractivity contribution in [2.24, 2.45) is 0 Å². The van der Waals surface area contributed by atoms with Gasteiger partial charge in [-0.2, -0.15) is 0 Å². The number of hydrogen-bond acceptors (Lipinski definition) is 2. The summed E-state index contributed by atoms with van der Waals surface area (Å²) in [6, 6.07) is 14.0. The lowest BCUT2D eigenvalue weighted by atomic mass is 10.0. The number of nitrogens with one attached hydrogen (secondary N) is 1. The summed E-state index contributed by atoms with van der Waals surface area (Å²) in [6.07, 6.45) is 0.511. The molecule has 0 spiro atoms. The molecule has 0 amide bonds. The smallest absolute Gasteiger partial charge is 0.131 e. The highest BCUT2D eigenvalue weighted by atomic mass is 19.1. The molecule has 1 N–H and O–H groups in total. The van der Waals surface area contributed by atoms with E-state index in [0.717, 1.165) is 12.5 Å². The van der Waals surface area contributed by atoms with Gasteiger partial charge in [0, 0.05) is 24.2 Å². The van der Waals surface area contributed by atoms with Gasteiger partial charge in [0.15, 0.2) is 0 Å². The molecule has 0 bridgehead atoms. The molecule has 0 aliphatic carbocycles. The Morgan fingerprint density at radius 2 is 1.90 bits per heavy atom. The maximum atomic E-state index is 13.7. The topological polar surface area (TPSA) is 21.3 Å². The minimum Gasteiger partial charge on any atom is -0.370 e. The summed E-state index contributed by atoms with van der Waals surface area (Å²) < 4.78 is 32.4. The predicted molar refractivity (Wildman–Crippen MR) is 77.0 cm³/mol. The SMILES string of the molecule is Fc1ccc(C2CNC(Cc3ccccc3)CO2)c(F)c1. The Bertz CT molecular complexity index is 595.